The number of sulfonamides is 1. The predicted molar refractivity (Wildman–Crippen MR) is 137 cm³/mol. The number of fused-ring (bicyclic) bond motifs is 1. The van der Waals surface area contributed by atoms with Crippen molar-refractivity contribution in [3.8, 4) is 0 Å². The average Bonchev–Trinajstić information content (AvgIpc) is 2.82. The van der Waals surface area contributed by atoms with Crippen molar-refractivity contribution in [2.45, 2.75) is 43.5 Å². The van der Waals surface area contributed by atoms with Crippen molar-refractivity contribution < 1.29 is 13.2 Å². The fraction of sp³-hybridized carbons (Fsp3) is 0.269. The van der Waals surface area contributed by atoms with E-state index in [0.29, 0.717) is 0 Å². The van der Waals surface area contributed by atoms with Gasteiger partial charge in [-0.3, -0.25) is 9.10 Å². The van der Waals surface area contributed by atoms with Gasteiger partial charge in [0.05, 0.1) is 16.6 Å². The number of benzene rings is 3. The van der Waals surface area contributed by atoms with Gasteiger partial charge >= 0.3 is 0 Å². The van der Waals surface area contributed by atoms with Gasteiger partial charge in [0.25, 0.3) is 10.0 Å². The lowest BCUT2D eigenvalue weighted by atomic mass is 9.89. The molecule has 3 aromatic rings. The largest absolute Gasteiger partial charge is 0.348 e. The molecule has 0 spiro atoms. The summed E-state index contributed by atoms with van der Waals surface area (Å²) in [6, 6.07) is 18.5. The van der Waals surface area contributed by atoms with Gasteiger partial charge in [-0.15, -0.1) is 0 Å². The number of anilines is 1. The standard InChI is InChI=1S/C26H26Cl2N2O3S/c1-18(20-12-11-19-7-5-6-8-21(19)13-20)29-26(31)17-30(24-15-22(27)14-23(28)16-24)34(32,33)25-9-3-2-4-10-25/h2-4,9-16,18H,5-8,17H2,1H3,(H,29,31). The van der Waals surface area contributed by atoms with Gasteiger partial charge in [-0.05, 0) is 79.6 Å². The first kappa shape index (κ1) is 24.6. The minimum absolute atomic E-state index is 0.0710. The molecule has 3 aromatic carbocycles. The van der Waals surface area contributed by atoms with Crippen molar-refractivity contribution in [1.29, 1.82) is 0 Å². The Morgan fingerprint density at radius 3 is 2.26 bits per heavy atom. The van der Waals surface area contributed by atoms with Crippen LogP contribution in [0.5, 0.6) is 0 Å². The number of nitrogens with one attached hydrogen (secondary N) is 1. The zero-order valence-corrected chi connectivity index (χ0v) is 21.1. The topological polar surface area (TPSA) is 66.5 Å². The lowest BCUT2D eigenvalue weighted by Gasteiger charge is -2.26. The molecule has 1 atom stereocenters. The van der Waals surface area contributed by atoms with E-state index in [2.05, 4.69) is 17.4 Å². The van der Waals surface area contributed by atoms with Crippen molar-refractivity contribution in [3.05, 3.63) is 93.5 Å². The molecule has 0 bridgehead atoms. The first-order chi connectivity index (χ1) is 16.2. The van der Waals surface area contributed by atoms with E-state index in [1.807, 2.05) is 13.0 Å². The van der Waals surface area contributed by atoms with E-state index in [9.17, 15) is 13.2 Å². The SMILES string of the molecule is CC(NC(=O)CN(c1cc(Cl)cc(Cl)c1)S(=O)(=O)c1ccccc1)c1ccc2c(c1)CCCC2. The molecule has 0 fully saturated rings. The Bertz CT molecular complexity index is 1280. The molecule has 0 heterocycles. The molecule has 1 N–H and O–H groups in total. The highest BCUT2D eigenvalue weighted by Crippen LogP contribution is 2.30. The molecule has 5 nitrogen and oxygen atoms in total. The maximum Gasteiger partial charge on any atom is 0.264 e. The number of carbonyl (C=O) groups excluding carboxylic acids is 1. The third kappa shape index (κ3) is 5.57. The monoisotopic (exact) mass is 516 g/mol. The third-order valence-electron chi connectivity index (χ3n) is 6.00. The van der Waals surface area contributed by atoms with Crippen molar-refractivity contribution in [2.75, 3.05) is 10.8 Å². The van der Waals surface area contributed by atoms with Crippen LogP contribution in [-0.2, 0) is 27.7 Å². The summed E-state index contributed by atoms with van der Waals surface area (Å²) in [4.78, 5) is 13.1. The van der Waals surface area contributed by atoms with E-state index in [-0.39, 0.29) is 26.7 Å². The summed E-state index contributed by atoms with van der Waals surface area (Å²) in [5.74, 6) is -0.430. The van der Waals surface area contributed by atoms with Crippen LogP contribution in [0.4, 0.5) is 5.69 Å². The molecule has 0 radical (unpaired) electrons. The highest BCUT2D eigenvalue weighted by Gasteiger charge is 2.28. The molecular weight excluding hydrogens is 491 g/mol. The minimum atomic E-state index is -4.04. The third-order valence-corrected chi connectivity index (χ3v) is 8.23. The van der Waals surface area contributed by atoms with E-state index in [1.165, 1.54) is 54.3 Å². The number of carbonyl (C=O) groups is 1. The van der Waals surface area contributed by atoms with Crippen molar-refractivity contribution in [3.63, 3.8) is 0 Å². The summed E-state index contributed by atoms with van der Waals surface area (Å²) in [5, 5.41) is 3.50. The molecule has 0 aromatic heterocycles. The van der Waals surface area contributed by atoms with Crippen LogP contribution < -0.4 is 9.62 Å². The van der Waals surface area contributed by atoms with E-state index < -0.39 is 22.5 Å². The Hall–Kier alpha value is -2.54. The Morgan fingerprint density at radius 2 is 1.59 bits per heavy atom. The Morgan fingerprint density at radius 1 is 0.941 bits per heavy atom. The van der Waals surface area contributed by atoms with Gasteiger partial charge in [-0.2, -0.15) is 0 Å². The fourth-order valence-electron chi connectivity index (χ4n) is 4.24. The van der Waals surface area contributed by atoms with Gasteiger partial charge < -0.3 is 5.32 Å². The number of aryl methyl sites for hydroxylation is 2. The summed E-state index contributed by atoms with van der Waals surface area (Å²) in [6.45, 7) is 1.48. The second-order valence-electron chi connectivity index (χ2n) is 8.48. The van der Waals surface area contributed by atoms with Crippen LogP contribution in [0.1, 0.15) is 42.5 Å². The van der Waals surface area contributed by atoms with Crippen LogP contribution in [0, 0.1) is 0 Å². The average molecular weight is 517 g/mol. The van der Waals surface area contributed by atoms with Crippen LogP contribution in [0.25, 0.3) is 0 Å². The number of nitrogens with zero attached hydrogens (tertiary/aromatic N) is 1. The number of halogens is 2. The fourth-order valence-corrected chi connectivity index (χ4v) is 6.18. The second-order valence-corrected chi connectivity index (χ2v) is 11.2. The normalized spacial score (nSPS) is 14.2. The smallest absolute Gasteiger partial charge is 0.264 e. The molecule has 34 heavy (non-hydrogen) atoms. The molecule has 1 amide bonds. The van der Waals surface area contributed by atoms with Gasteiger partial charge in [0.15, 0.2) is 0 Å². The molecule has 0 saturated carbocycles. The van der Waals surface area contributed by atoms with Crippen molar-refractivity contribution in [2.24, 2.45) is 0 Å². The second kappa shape index (κ2) is 10.4. The Kier molecular flexibility index (Phi) is 7.51. The van der Waals surface area contributed by atoms with Gasteiger partial charge in [0, 0.05) is 10.0 Å². The highest BCUT2D eigenvalue weighted by atomic mass is 35.5. The molecular formula is C26H26Cl2N2O3S. The first-order valence-corrected chi connectivity index (χ1v) is 13.4. The Balaban J connectivity index is 1.59. The summed E-state index contributed by atoms with van der Waals surface area (Å²) in [7, 11) is -4.04. The van der Waals surface area contributed by atoms with E-state index >= 15 is 0 Å². The van der Waals surface area contributed by atoms with Crippen LogP contribution in [0.3, 0.4) is 0 Å². The van der Waals surface area contributed by atoms with Crippen LogP contribution >= 0.6 is 23.2 Å². The highest BCUT2D eigenvalue weighted by molar-refractivity contribution is 7.92. The Labute approximate surface area is 210 Å². The maximum atomic E-state index is 13.5. The molecule has 1 unspecified atom stereocenters. The number of hydrogen-bond acceptors (Lipinski definition) is 3. The predicted octanol–water partition coefficient (Wildman–Crippen LogP) is 5.94. The number of amides is 1. The summed E-state index contributed by atoms with van der Waals surface area (Å²) >= 11 is 12.3. The van der Waals surface area contributed by atoms with Crippen LogP contribution in [-0.4, -0.2) is 20.9 Å². The zero-order valence-electron chi connectivity index (χ0n) is 18.8. The summed E-state index contributed by atoms with van der Waals surface area (Å²) in [6.07, 6.45) is 4.51. The van der Waals surface area contributed by atoms with Crippen molar-refractivity contribution in [1.82, 2.24) is 5.32 Å². The lowest BCUT2D eigenvalue weighted by Crippen LogP contribution is -2.41. The van der Waals surface area contributed by atoms with E-state index in [0.717, 1.165) is 22.7 Å². The quantitative estimate of drug-likeness (QED) is 0.422. The molecule has 0 aliphatic heterocycles. The van der Waals surface area contributed by atoms with Crippen molar-refractivity contribution >= 4 is 44.8 Å². The maximum absolute atomic E-state index is 13.5. The van der Waals surface area contributed by atoms with Crippen LogP contribution in [0.2, 0.25) is 10.0 Å². The molecule has 0 saturated heterocycles. The molecule has 1 aliphatic carbocycles. The molecule has 1 aliphatic rings. The lowest BCUT2D eigenvalue weighted by molar-refractivity contribution is -0.120. The summed E-state index contributed by atoms with van der Waals surface area (Å²) < 4.78 is 28.0. The number of hydrogen-bond donors (Lipinski definition) is 1. The van der Waals surface area contributed by atoms with E-state index in [4.69, 9.17) is 23.2 Å². The molecule has 8 heteroatoms. The van der Waals surface area contributed by atoms with E-state index in [1.54, 1.807) is 18.2 Å². The number of rotatable bonds is 7. The molecule has 4 rings (SSSR count). The van der Waals surface area contributed by atoms with Crippen LogP contribution in [0.15, 0.2) is 71.6 Å². The van der Waals surface area contributed by atoms with Gasteiger partial charge in [-0.25, -0.2) is 8.42 Å². The molecule has 178 valence electrons. The van der Waals surface area contributed by atoms with Gasteiger partial charge in [0.1, 0.15) is 6.54 Å². The first-order valence-electron chi connectivity index (χ1n) is 11.2. The van der Waals surface area contributed by atoms with Gasteiger partial charge in [-0.1, -0.05) is 59.6 Å². The summed E-state index contributed by atoms with van der Waals surface area (Å²) in [5.41, 5.74) is 3.91. The minimum Gasteiger partial charge on any atom is -0.348 e. The zero-order chi connectivity index (χ0) is 24.3. The van der Waals surface area contributed by atoms with Gasteiger partial charge in [0.2, 0.25) is 5.91 Å².